The van der Waals surface area contributed by atoms with Crippen molar-refractivity contribution in [2.75, 3.05) is 20.3 Å². The maximum atomic E-state index is 12.9. The van der Waals surface area contributed by atoms with Gasteiger partial charge in [0, 0.05) is 12.6 Å². The summed E-state index contributed by atoms with van der Waals surface area (Å²) in [5, 5.41) is 9.14. The van der Waals surface area contributed by atoms with Crippen LogP contribution in [-0.4, -0.2) is 48.2 Å². The number of carbonyl (C=O) groups excluding carboxylic acids is 1. The summed E-state index contributed by atoms with van der Waals surface area (Å²) in [5.74, 6) is -0.180. The number of benzene rings is 1. The van der Waals surface area contributed by atoms with Gasteiger partial charge < -0.3 is 19.5 Å². The molecule has 3 rings (SSSR count). The summed E-state index contributed by atoms with van der Waals surface area (Å²) in [6, 6.07) is 5.79. The number of methoxy groups -OCH3 is 1. The van der Waals surface area contributed by atoms with E-state index in [-0.39, 0.29) is 24.4 Å². The van der Waals surface area contributed by atoms with Crippen molar-refractivity contribution in [2.24, 2.45) is 11.8 Å². The number of carboxylic acid groups (broad SMARTS) is 1. The van der Waals surface area contributed by atoms with Crippen LogP contribution in [0.2, 0.25) is 0 Å². The van der Waals surface area contributed by atoms with E-state index in [1.165, 1.54) is 0 Å². The van der Waals surface area contributed by atoms with Gasteiger partial charge in [0.15, 0.2) is 0 Å². The molecule has 1 saturated carbocycles. The lowest BCUT2D eigenvalue weighted by Gasteiger charge is -2.31. The van der Waals surface area contributed by atoms with Gasteiger partial charge >= 0.3 is 5.97 Å². The van der Waals surface area contributed by atoms with Crippen LogP contribution < -0.4 is 9.47 Å². The summed E-state index contributed by atoms with van der Waals surface area (Å²) in [7, 11) is 1.61. The first kappa shape index (κ1) is 16.6. The number of hydrogen-bond acceptors (Lipinski definition) is 4. The molecule has 6 heteroatoms. The van der Waals surface area contributed by atoms with Crippen LogP contribution in [0, 0.1) is 11.8 Å². The highest BCUT2D eigenvalue weighted by Gasteiger charge is 2.38. The van der Waals surface area contributed by atoms with Gasteiger partial charge in [-0.3, -0.25) is 9.59 Å². The highest BCUT2D eigenvalue weighted by atomic mass is 16.5. The van der Waals surface area contributed by atoms with E-state index in [4.69, 9.17) is 14.6 Å². The minimum absolute atomic E-state index is 0.000861. The molecule has 0 radical (unpaired) electrons. The van der Waals surface area contributed by atoms with Crippen molar-refractivity contribution >= 4 is 11.9 Å². The number of carboxylic acids is 1. The van der Waals surface area contributed by atoms with E-state index >= 15 is 0 Å². The molecule has 1 aromatic carbocycles. The predicted octanol–water partition coefficient (Wildman–Crippen LogP) is 1.96. The largest absolute Gasteiger partial charge is 0.497 e. The highest BCUT2D eigenvalue weighted by Crippen LogP contribution is 2.34. The molecule has 1 aliphatic heterocycles. The van der Waals surface area contributed by atoms with E-state index in [0.29, 0.717) is 13.0 Å². The van der Waals surface area contributed by atoms with Gasteiger partial charge in [-0.15, -0.1) is 0 Å². The van der Waals surface area contributed by atoms with Crippen LogP contribution in [0.25, 0.3) is 0 Å². The molecule has 2 unspecified atom stereocenters. The van der Waals surface area contributed by atoms with Gasteiger partial charge in [-0.25, -0.2) is 0 Å². The standard InChI is InChI=1S/C18H23NO5/c1-11(18(21)22)9-19(14-3-4-14)17(20)13-7-12-8-15(23-2)5-6-16(12)24-10-13/h5-6,8,11,13-14H,3-4,7,9-10H2,1-2H3,(H,21,22). The Morgan fingerprint density at radius 2 is 2.17 bits per heavy atom. The molecule has 0 saturated heterocycles. The maximum absolute atomic E-state index is 12.9. The molecular weight excluding hydrogens is 310 g/mol. The Morgan fingerprint density at radius 3 is 2.79 bits per heavy atom. The number of rotatable bonds is 6. The number of amides is 1. The first-order chi connectivity index (χ1) is 11.5. The van der Waals surface area contributed by atoms with Gasteiger partial charge in [-0.1, -0.05) is 6.92 Å². The molecule has 1 aliphatic carbocycles. The maximum Gasteiger partial charge on any atom is 0.308 e. The minimum atomic E-state index is -0.872. The zero-order valence-electron chi connectivity index (χ0n) is 14.0. The first-order valence-electron chi connectivity index (χ1n) is 8.32. The zero-order chi connectivity index (χ0) is 17.3. The molecule has 0 spiro atoms. The topological polar surface area (TPSA) is 76.1 Å². The monoisotopic (exact) mass is 333 g/mol. The quantitative estimate of drug-likeness (QED) is 0.861. The fourth-order valence-electron chi connectivity index (χ4n) is 3.07. The molecule has 2 atom stereocenters. The number of nitrogens with zero attached hydrogens (tertiary/aromatic N) is 1. The summed E-state index contributed by atoms with van der Waals surface area (Å²) in [4.78, 5) is 25.8. The number of hydrogen-bond donors (Lipinski definition) is 1. The van der Waals surface area contributed by atoms with Crippen molar-refractivity contribution in [2.45, 2.75) is 32.2 Å². The van der Waals surface area contributed by atoms with E-state index in [9.17, 15) is 9.59 Å². The van der Waals surface area contributed by atoms with Crippen LogP contribution in [0.1, 0.15) is 25.3 Å². The Morgan fingerprint density at radius 1 is 1.42 bits per heavy atom. The second-order valence-electron chi connectivity index (χ2n) is 6.65. The first-order valence-corrected chi connectivity index (χ1v) is 8.32. The molecule has 130 valence electrons. The van der Waals surface area contributed by atoms with Crippen molar-refractivity contribution in [1.82, 2.24) is 4.90 Å². The molecule has 1 aromatic rings. The number of carbonyl (C=O) groups is 2. The second kappa shape index (κ2) is 6.71. The van der Waals surface area contributed by atoms with Crippen LogP contribution in [-0.2, 0) is 16.0 Å². The SMILES string of the molecule is COc1ccc2c(c1)CC(C(=O)N(CC(C)C(=O)O)C1CC1)CO2. The molecule has 0 aromatic heterocycles. The molecular formula is C18H23NO5. The highest BCUT2D eigenvalue weighted by molar-refractivity contribution is 5.81. The Kier molecular flexibility index (Phi) is 4.64. The van der Waals surface area contributed by atoms with Gasteiger partial charge in [0.2, 0.25) is 5.91 Å². The fourth-order valence-corrected chi connectivity index (χ4v) is 3.07. The summed E-state index contributed by atoms with van der Waals surface area (Å²) in [6.45, 7) is 2.24. The van der Waals surface area contributed by atoms with E-state index in [1.54, 1.807) is 18.9 Å². The third-order valence-electron chi connectivity index (χ3n) is 4.69. The Bertz CT molecular complexity index is 640. The summed E-state index contributed by atoms with van der Waals surface area (Å²) >= 11 is 0. The Labute approximate surface area is 141 Å². The third-order valence-corrected chi connectivity index (χ3v) is 4.69. The normalized spacial score (nSPS) is 20.5. The second-order valence-corrected chi connectivity index (χ2v) is 6.65. The van der Waals surface area contributed by atoms with E-state index in [0.717, 1.165) is 29.9 Å². The summed E-state index contributed by atoms with van der Waals surface area (Å²) < 4.78 is 11.0. The predicted molar refractivity (Wildman–Crippen MR) is 87.2 cm³/mol. The van der Waals surface area contributed by atoms with Gasteiger partial charge in [0.25, 0.3) is 0 Å². The molecule has 6 nitrogen and oxygen atoms in total. The number of fused-ring (bicyclic) bond motifs is 1. The van der Waals surface area contributed by atoms with Crippen molar-refractivity contribution < 1.29 is 24.2 Å². The fraction of sp³-hybridized carbons (Fsp3) is 0.556. The van der Waals surface area contributed by atoms with E-state index in [2.05, 4.69) is 0 Å². The van der Waals surface area contributed by atoms with Crippen molar-refractivity contribution in [3.05, 3.63) is 23.8 Å². The third kappa shape index (κ3) is 3.47. The van der Waals surface area contributed by atoms with E-state index in [1.807, 2.05) is 18.2 Å². The molecule has 24 heavy (non-hydrogen) atoms. The average molecular weight is 333 g/mol. The Hall–Kier alpha value is -2.24. The van der Waals surface area contributed by atoms with E-state index < -0.39 is 11.9 Å². The lowest BCUT2D eigenvalue weighted by atomic mass is 9.94. The van der Waals surface area contributed by atoms with Crippen molar-refractivity contribution in [1.29, 1.82) is 0 Å². The van der Waals surface area contributed by atoms with Crippen LogP contribution in [0.4, 0.5) is 0 Å². The molecule has 1 N–H and O–H groups in total. The Balaban J connectivity index is 1.72. The van der Waals surface area contributed by atoms with Crippen molar-refractivity contribution in [3.63, 3.8) is 0 Å². The number of ether oxygens (including phenoxy) is 2. The lowest BCUT2D eigenvalue weighted by molar-refractivity contribution is -0.144. The van der Waals surface area contributed by atoms with Crippen LogP contribution in [0.3, 0.4) is 0 Å². The van der Waals surface area contributed by atoms with Gasteiger partial charge in [-0.2, -0.15) is 0 Å². The lowest BCUT2D eigenvalue weighted by Crippen LogP contribution is -2.44. The average Bonchev–Trinajstić information content (AvgIpc) is 3.42. The molecule has 1 fully saturated rings. The molecule has 2 aliphatic rings. The van der Waals surface area contributed by atoms with Gasteiger partial charge in [-0.05, 0) is 43.0 Å². The van der Waals surface area contributed by atoms with Crippen LogP contribution in [0.15, 0.2) is 18.2 Å². The van der Waals surface area contributed by atoms with Crippen LogP contribution >= 0.6 is 0 Å². The van der Waals surface area contributed by atoms with Crippen LogP contribution in [0.5, 0.6) is 11.5 Å². The minimum Gasteiger partial charge on any atom is -0.497 e. The molecule has 0 bridgehead atoms. The summed E-state index contributed by atoms with van der Waals surface area (Å²) in [6.07, 6.45) is 2.50. The smallest absolute Gasteiger partial charge is 0.308 e. The summed E-state index contributed by atoms with van der Waals surface area (Å²) in [5.41, 5.74) is 0.959. The van der Waals surface area contributed by atoms with Gasteiger partial charge in [0.1, 0.15) is 18.1 Å². The number of aliphatic carboxylic acids is 1. The van der Waals surface area contributed by atoms with Crippen molar-refractivity contribution in [3.8, 4) is 11.5 Å². The molecule has 1 amide bonds. The van der Waals surface area contributed by atoms with Gasteiger partial charge in [0.05, 0.1) is 18.9 Å². The zero-order valence-corrected chi connectivity index (χ0v) is 14.0. The molecule has 1 heterocycles.